The lowest BCUT2D eigenvalue weighted by Crippen LogP contribution is -2.50. The first-order valence-electron chi connectivity index (χ1n) is 7.19. The van der Waals surface area contributed by atoms with Crippen molar-refractivity contribution in [2.45, 2.75) is 11.8 Å². The van der Waals surface area contributed by atoms with E-state index in [0.717, 1.165) is 5.69 Å². The molecule has 1 amide bonds. The van der Waals surface area contributed by atoms with Crippen LogP contribution >= 0.6 is 0 Å². The molecule has 0 radical (unpaired) electrons. The Morgan fingerprint density at radius 3 is 2.18 bits per heavy atom. The number of amides is 1. The maximum Gasteiger partial charge on any atom is 0.238 e. The molecule has 8 heteroatoms. The molecule has 2 rings (SSSR count). The van der Waals surface area contributed by atoms with E-state index in [4.69, 9.17) is 10.9 Å². The molecule has 1 aromatic rings. The van der Waals surface area contributed by atoms with Crippen LogP contribution in [0.1, 0.15) is 6.92 Å². The zero-order valence-corrected chi connectivity index (χ0v) is 13.4. The van der Waals surface area contributed by atoms with E-state index in [1.807, 2.05) is 11.8 Å². The summed E-state index contributed by atoms with van der Waals surface area (Å²) in [7, 11) is -3.67. The number of sulfonamides is 1. The van der Waals surface area contributed by atoms with Crippen molar-refractivity contribution < 1.29 is 13.2 Å². The quantitative estimate of drug-likeness (QED) is 0.781. The van der Waals surface area contributed by atoms with Gasteiger partial charge in [-0.2, -0.15) is 0 Å². The topological polar surface area (TPSA) is 110 Å². The third kappa shape index (κ3) is 3.76. The zero-order valence-electron chi connectivity index (χ0n) is 12.6. The van der Waals surface area contributed by atoms with Crippen LogP contribution in [0.25, 0.3) is 0 Å². The van der Waals surface area contributed by atoms with Gasteiger partial charge in [0.1, 0.15) is 0 Å². The van der Waals surface area contributed by atoms with Crippen molar-refractivity contribution >= 4 is 21.6 Å². The largest absolute Gasteiger partial charge is 0.368 e. The van der Waals surface area contributed by atoms with Crippen LogP contribution in [-0.4, -0.2) is 51.9 Å². The molecule has 22 heavy (non-hydrogen) atoms. The molecule has 0 aromatic heterocycles. The number of carbonyl (C=O) groups is 1. The first kappa shape index (κ1) is 16.7. The van der Waals surface area contributed by atoms with Gasteiger partial charge >= 0.3 is 0 Å². The highest BCUT2D eigenvalue weighted by Crippen LogP contribution is 2.19. The van der Waals surface area contributed by atoms with Crippen molar-refractivity contribution in [2.24, 2.45) is 16.8 Å². The van der Waals surface area contributed by atoms with Gasteiger partial charge in [0.15, 0.2) is 0 Å². The Hall–Kier alpha value is -1.64. The highest BCUT2D eigenvalue weighted by Gasteiger charge is 2.24. The Kier molecular flexibility index (Phi) is 5.05. The average Bonchev–Trinajstić information content (AvgIpc) is 2.53. The summed E-state index contributed by atoms with van der Waals surface area (Å²) in [5.74, 6) is -0.0627. The second-order valence-electron chi connectivity index (χ2n) is 5.49. The minimum Gasteiger partial charge on any atom is -0.368 e. The number of primary sulfonamides is 1. The van der Waals surface area contributed by atoms with Crippen LogP contribution in [0.4, 0.5) is 5.69 Å². The molecule has 1 unspecified atom stereocenters. The van der Waals surface area contributed by atoms with E-state index in [-0.39, 0.29) is 16.7 Å². The van der Waals surface area contributed by atoms with Crippen LogP contribution in [0.5, 0.6) is 0 Å². The van der Waals surface area contributed by atoms with Gasteiger partial charge in [-0.05, 0) is 24.3 Å². The number of anilines is 1. The number of carbonyl (C=O) groups excluding carboxylic acids is 1. The van der Waals surface area contributed by atoms with Gasteiger partial charge in [0.25, 0.3) is 0 Å². The summed E-state index contributed by atoms with van der Waals surface area (Å²) in [5, 5.41) is 5.08. The molecule has 1 atom stereocenters. The fourth-order valence-corrected chi connectivity index (χ4v) is 2.96. The highest BCUT2D eigenvalue weighted by molar-refractivity contribution is 7.89. The smallest absolute Gasteiger partial charge is 0.238 e. The monoisotopic (exact) mass is 326 g/mol. The molecule has 1 aliphatic heterocycles. The molecule has 1 aliphatic rings. The van der Waals surface area contributed by atoms with Gasteiger partial charge in [-0.15, -0.1) is 0 Å². The molecule has 0 bridgehead atoms. The van der Waals surface area contributed by atoms with Crippen LogP contribution in [0.2, 0.25) is 0 Å². The lowest BCUT2D eigenvalue weighted by molar-refractivity contribution is -0.134. The molecule has 1 saturated heterocycles. The number of benzene rings is 1. The van der Waals surface area contributed by atoms with E-state index >= 15 is 0 Å². The van der Waals surface area contributed by atoms with Gasteiger partial charge in [-0.3, -0.25) is 4.79 Å². The molecule has 0 spiro atoms. The molecular formula is C14H22N4O3S. The molecule has 1 heterocycles. The summed E-state index contributed by atoms with van der Waals surface area (Å²) in [5.41, 5.74) is 6.45. The number of rotatable bonds is 4. The van der Waals surface area contributed by atoms with Gasteiger partial charge in [-0.1, -0.05) is 6.92 Å². The predicted octanol–water partition coefficient (Wildman–Crippen LogP) is -0.423. The molecule has 7 nitrogen and oxygen atoms in total. The summed E-state index contributed by atoms with van der Waals surface area (Å²) in [6.07, 6.45) is 0. The van der Waals surface area contributed by atoms with Crippen molar-refractivity contribution in [1.29, 1.82) is 0 Å². The van der Waals surface area contributed by atoms with Crippen LogP contribution in [0.15, 0.2) is 29.2 Å². The Bertz CT molecular complexity index is 622. The third-order valence-electron chi connectivity index (χ3n) is 3.90. The average molecular weight is 326 g/mol. The van der Waals surface area contributed by atoms with Gasteiger partial charge in [0.2, 0.25) is 15.9 Å². The van der Waals surface area contributed by atoms with Crippen LogP contribution in [0.3, 0.4) is 0 Å². The van der Waals surface area contributed by atoms with Crippen LogP contribution < -0.4 is 15.8 Å². The standard InChI is InChI=1S/C14H22N4O3S/c1-11(10-15)14(19)18-8-6-17(7-9-18)12-2-4-13(5-3-12)22(16,20)21/h2-5,11H,6-10,15H2,1H3,(H2,16,20,21). The maximum absolute atomic E-state index is 12.1. The van der Waals surface area contributed by atoms with Gasteiger partial charge in [0, 0.05) is 44.3 Å². The number of hydrogen-bond acceptors (Lipinski definition) is 5. The number of nitrogens with two attached hydrogens (primary N) is 2. The first-order chi connectivity index (χ1) is 10.3. The summed E-state index contributed by atoms with van der Waals surface area (Å²) in [6, 6.07) is 6.47. The number of hydrogen-bond donors (Lipinski definition) is 2. The molecule has 1 fully saturated rings. The second-order valence-corrected chi connectivity index (χ2v) is 7.05. The van der Waals surface area contributed by atoms with Crippen molar-refractivity contribution in [3.8, 4) is 0 Å². The Morgan fingerprint density at radius 2 is 1.73 bits per heavy atom. The van der Waals surface area contributed by atoms with E-state index in [1.54, 1.807) is 12.1 Å². The van der Waals surface area contributed by atoms with Crippen molar-refractivity contribution in [2.75, 3.05) is 37.6 Å². The summed E-state index contributed by atoms with van der Waals surface area (Å²) >= 11 is 0. The minimum absolute atomic E-state index is 0.0896. The van der Waals surface area contributed by atoms with Crippen LogP contribution in [-0.2, 0) is 14.8 Å². The van der Waals surface area contributed by atoms with Gasteiger partial charge < -0.3 is 15.5 Å². The fourth-order valence-electron chi connectivity index (χ4n) is 2.44. The maximum atomic E-state index is 12.1. The van der Waals surface area contributed by atoms with Crippen molar-refractivity contribution in [3.05, 3.63) is 24.3 Å². The molecular weight excluding hydrogens is 304 g/mol. The zero-order chi connectivity index (χ0) is 16.3. The highest BCUT2D eigenvalue weighted by atomic mass is 32.2. The lowest BCUT2D eigenvalue weighted by Gasteiger charge is -2.37. The summed E-state index contributed by atoms with van der Waals surface area (Å²) in [4.78, 5) is 16.1. The van der Waals surface area contributed by atoms with Gasteiger partial charge in [-0.25, -0.2) is 13.6 Å². The Balaban J connectivity index is 1.99. The normalized spacial score (nSPS) is 17.4. The third-order valence-corrected chi connectivity index (χ3v) is 4.83. The lowest BCUT2D eigenvalue weighted by atomic mass is 10.1. The second kappa shape index (κ2) is 6.64. The fraction of sp³-hybridized carbons (Fsp3) is 0.500. The van der Waals surface area contributed by atoms with Crippen molar-refractivity contribution in [1.82, 2.24) is 4.90 Å². The van der Waals surface area contributed by atoms with Gasteiger partial charge in [0.05, 0.1) is 4.90 Å². The summed E-state index contributed by atoms with van der Waals surface area (Å²) < 4.78 is 22.5. The summed E-state index contributed by atoms with van der Waals surface area (Å²) in [6.45, 7) is 4.88. The van der Waals surface area contributed by atoms with E-state index in [9.17, 15) is 13.2 Å². The van der Waals surface area contributed by atoms with E-state index in [2.05, 4.69) is 4.90 Å². The molecule has 1 aromatic carbocycles. The Labute approximate surface area is 130 Å². The van der Waals surface area contributed by atoms with Crippen LogP contribution in [0, 0.1) is 5.92 Å². The number of piperazine rings is 1. The SMILES string of the molecule is CC(CN)C(=O)N1CCN(c2ccc(S(N)(=O)=O)cc2)CC1. The first-order valence-corrected chi connectivity index (χ1v) is 8.74. The molecule has 4 N–H and O–H groups in total. The number of nitrogens with zero attached hydrogens (tertiary/aromatic N) is 2. The van der Waals surface area contributed by atoms with E-state index < -0.39 is 10.0 Å². The Morgan fingerprint density at radius 1 is 1.18 bits per heavy atom. The van der Waals surface area contributed by atoms with Crippen molar-refractivity contribution in [3.63, 3.8) is 0 Å². The van der Waals surface area contributed by atoms with E-state index in [0.29, 0.717) is 32.7 Å². The minimum atomic E-state index is -3.67. The predicted molar refractivity (Wildman–Crippen MR) is 84.8 cm³/mol. The van der Waals surface area contributed by atoms with E-state index in [1.165, 1.54) is 12.1 Å². The molecule has 0 saturated carbocycles. The molecule has 122 valence electrons. The molecule has 0 aliphatic carbocycles.